The lowest BCUT2D eigenvalue weighted by Gasteiger charge is -2.20. The van der Waals surface area contributed by atoms with Gasteiger partial charge in [-0.25, -0.2) is 0 Å². The molecule has 0 unspecified atom stereocenters. The van der Waals surface area contributed by atoms with E-state index >= 15 is 0 Å². The van der Waals surface area contributed by atoms with Crippen LogP contribution in [0.3, 0.4) is 0 Å². The van der Waals surface area contributed by atoms with Crippen molar-refractivity contribution in [2.24, 2.45) is 0 Å². The Kier molecular flexibility index (Phi) is 4.11. The van der Waals surface area contributed by atoms with Crippen molar-refractivity contribution in [2.45, 2.75) is 39.5 Å². The van der Waals surface area contributed by atoms with E-state index in [-0.39, 0.29) is 11.8 Å². The van der Waals surface area contributed by atoms with Gasteiger partial charge in [-0.3, -0.25) is 4.79 Å². The summed E-state index contributed by atoms with van der Waals surface area (Å²) in [4.78, 5) is 10.4. The lowest BCUT2D eigenvalue weighted by Crippen LogP contribution is -2.11. The fourth-order valence-corrected chi connectivity index (χ4v) is 1.57. The Bertz CT molecular complexity index is 437. The predicted octanol–water partition coefficient (Wildman–Crippen LogP) is 3.78. The standard InChI is InChI=1S/C15H20O2/c1-11-8-9-13(15(2,3)4)10-12(11)6-5-7-14(16)17/h5-6,8-10H,7H2,1-4H3,(H,16,17)/b6-5+. The van der Waals surface area contributed by atoms with E-state index in [0.29, 0.717) is 0 Å². The number of hydrogen-bond acceptors (Lipinski definition) is 1. The van der Waals surface area contributed by atoms with Gasteiger partial charge in [-0.05, 0) is 29.0 Å². The molecule has 0 fully saturated rings. The highest BCUT2D eigenvalue weighted by atomic mass is 16.4. The van der Waals surface area contributed by atoms with Crippen molar-refractivity contribution < 1.29 is 9.90 Å². The van der Waals surface area contributed by atoms with Crippen LogP contribution >= 0.6 is 0 Å². The zero-order valence-electron chi connectivity index (χ0n) is 10.9. The van der Waals surface area contributed by atoms with Gasteiger partial charge in [0.15, 0.2) is 0 Å². The van der Waals surface area contributed by atoms with E-state index in [0.717, 1.165) is 5.56 Å². The summed E-state index contributed by atoms with van der Waals surface area (Å²) in [5.74, 6) is -0.800. The number of carbonyl (C=O) groups is 1. The monoisotopic (exact) mass is 232 g/mol. The molecule has 0 aliphatic carbocycles. The molecule has 0 spiro atoms. The van der Waals surface area contributed by atoms with Crippen LogP contribution in [-0.4, -0.2) is 11.1 Å². The molecule has 17 heavy (non-hydrogen) atoms. The number of benzene rings is 1. The van der Waals surface area contributed by atoms with Crippen LogP contribution < -0.4 is 0 Å². The van der Waals surface area contributed by atoms with Crippen molar-refractivity contribution in [1.29, 1.82) is 0 Å². The fourth-order valence-electron chi connectivity index (χ4n) is 1.57. The normalized spacial score (nSPS) is 12.0. The first-order valence-electron chi connectivity index (χ1n) is 5.80. The summed E-state index contributed by atoms with van der Waals surface area (Å²) in [6.45, 7) is 8.54. The van der Waals surface area contributed by atoms with Crippen molar-refractivity contribution in [3.63, 3.8) is 0 Å². The molecule has 1 aromatic rings. The van der Waals surface area contributed by atoms with Crippen LogP contribution in [0.5, 0.6) is 0 Å². The Hall–Kier alpha value is -1.57. The molecule has 0 amide bonds. The molecule has 0 radical (unpaired) electrons. The minimum Gasteiger partial charge on any atom is -0.481 e. The molecule has 1 rings (SSSR count). The zero-order chi connectivity index (χ0) is 13.1. The SMILES string of the molecule is Cc1ccc(C(C)(C)C)cc1/C=C/CC(=O)O. The van der Waals surface area contributed by atoms with Crippen LogP contribution in [0.2, 0.25) is 0 Å². The van der Waals surface area contributed by atoms with Crippen molar-refractivity contribution in [3.05, 3.63) is 41.0 Å². The molecule has 0 aromatic heterocycles. The maximum Gasteiger partial charge on any atom is 0.307 e. The van der Waals surface area contributed by atoms with Crippen LogP contribution in [-0.2, 0) is 10.2 Å². The minimum absolute atomic E-state index is 0.0686. The maximum absolute atomic E-state index is 10.4. The highest BCUT2D eigenvalue weighted by Crippen LogP contribution is 2.25. The molecule has 2 nitrogen and oxygen atoms in total. The largest absolute Gasteiger partial charge is 0.481 e. The third kappa shape index (κ3) is 4.06. The lowest BCUT2D eigenvalue weighted by molar-refractivity contribution is -0.135. The molecule has 0 saturated carbocycles. The van der Waals surface area contributed by atoms with Gasteiger partial charge in [0.05, 0.1) is 6.42 Å². The summed E-state index contributed by atoms with van der Waals surface area (Å²) in [7, 11) is 0. The Morgan fingerprint density at radius 3 is 2.53 bits per heavy atom. The van der Waals surface area contributed by atoms with Gasteiger partial charge < -0.3 is 5.11 Å². The third-order valence-corrected chi connectivity index (χ3v) is 2.74. The van der Waals surface area contributed by atoms with Gasteiger partial charge in [0, 0.05) is 0 Å². The molecule has 0 aliphatic rings. The van der Waals surface area contributed by atoms with Crippen LogP contribution in [0.25, 0.3) is 6.08 Å². The van der Waals surface area contributed by atoms with Gasteiger partial charge in [0.25, 0.3) is 0 Å². The quantitative estimate of drug-likeness (QED) is 0.861. The van der Waals surface area contributed by atoms with E-state index in [4.69, 9.17) is 5.11 Å². The topological polar surface area (TPSA) is 37.3 Å². The highest BCUT2D eigenvalue weighted by Gasteiger charge is 2.13. The summed E-state index contributed by atoms with van der Waals surface area (Å²) in [5.41, 5.74) is 3.64. The van der Waals surface area contributed by atoms with Gasteiger partial charge in [0.2, 0.25) is 0 Å². The Labute approximate surface area is 103 Å². The molecule has 2 heteroatoms. The average Bonchev–Trinajstić information content (AvgIpc) is 2.18. The van der Waals surface area contributed by atoms with E-state index in [1.165, 1.54) is 11.1 Å². The third-order valence-electron chi connectivity index (χ3n) is 2.74. The summed E-state index contributed by atoms with van der Waals surface area (Å²) in [6.07, 6.45) is 3.65. The molecule has 0 saturated heterocycles. The molecule has 0 bridgehead atoms. The van der Waals surface area contributed by atoms with Crippen LogP contribution in [0.15, 0.2) is 24.3 Å². The van der Waals surface area contributed by atoms with Crippen LogP contribution in [0, 0.1) is 6.92 Å². The zero-order valence-corrected chi connectivity index (χ0v) is 10.9. The molecule has 92 valence electrons. The second kappa shape index (κ2) is 5.17. The number of hydrogen-bond donors (Lipinski definition) is 1. The molecular formula is C15H20O2. The first-order valence-corrected chi connectivity index (χ1v) is 5.80. The highest BCUT2D eigenvalue weighted by molar-refractivity contribution is 5.70. The number of carboxylic acid groups (broad SMARTS) is 1. The van der Waals surface area contributed by atoms with E-state index in [1.807, 2.05) is 13.0 Å². The van der Waals surface area contributed by atoms with Crippen molar-refractivity contribution in [2.75, 3.05) is 0 Å². The predicted molar refractivity (Wildman–Crippen MR) is 71.2 cm³/mol. The number of aryl methyl sites for hydroxylation is 1. The van der Waals surface area contributed by atoms with Gasteiger partial charge in [-0.2, -0.15) is 0 Å². The number of aliphatic carboxylic acids is 1. The summed E-state index contributed by atoms with van der Waals surface area (Å²) in [5, 5.41) is 8.59. The van der Waals surface area contributed by atoms with Crippen molar-refractivity contribution in [3.8, 4) is 0 Å². The fraction of sp³-hybridized carbons (Fsp3) is 0.400. The van der Waals surface area contributed by atoms with Crippen molar-refractivity contribution >= 4 is 12.0 Å². The van der Waals surface area contributed by atoms with Gasteiger partial charge in [0.1, 0.15) is 0 Å². The molecule has 0 atom stereocenters. The van der Waals surface area contributed by atoms with E-state index in [2.05, 4.69) is 39.0 Å². The second-order valence-corrected chi connectivity index (χ2v) is 5.32. The van der Waals surface area contributed by atoms with Crippen molar-refractivity contribution in [1.82, 2.24) is 0 Å². The minimum atomic E-state index is -0.800. The first-order chi connectivity index (χ1) is 7.80. The summed E-state index contributed by atoms with van der Waals surface area (Å²) in [6, 6.07) is 6.35. The molecule has 0 heterocycles. The second-order valence-electron chi connectivity index (χ2n) is 5.32. The molecular weight excluding hydrogens is 212 g/mol. The van der Waals surface area contributed by atoms with Gasteiger partial charge >= 0.3 is 5.97 Å². The molecule has 1 aromatic carbocycles. The summed E-state index contributed by atoms with van der Waals surface area (Å²) < 4.78 is 0. The Morgan fingerprint density at radius 2 is 2.00 bits per heavy atom. The van der Waals surface area contributed by atoms with E-state index < -0.39 is 5.97 Å². The van der Waals surface area contributed by atoms with Crippen LogP contribution in [0.4, 0.5) is 0 Å². The van der Waals surface area contributed by atoms with E-state index in [9.17, 15) is 4.79 Å². The Balaban J connectivity index is 2.99. The number of carboxylic acids is 1. The van der Waals surface area contributed by atoms with E-state index in [1.54, 1.807) is 6.08 Å². The molecule has 0 aliphatic heterocycles. The van der Waals surface area contributed by atoms with Gasteiger partial charge in [-0.1, -0.05) is 51.1 Å². The smallest absolute Gasteiger partial charge is 0.307 e. The Morgan fingerprint density at radius 1 is 1.35 bits per heavy atom. The first kappa shape index (κ1) is 13.5. The maximum atomic E-state index is 10.4. The lowest BCUT2D eigenvalue weighted by atomic mass is 9.85. The average molecular weight is 232 g/mol. The van der Waals surface area contributed by atoms with Crippen LogP contribution in [0.1, 0.15) is 43.9 Å². The molecule has 1 N–H and O–H groups in total. The van der Waals surface area contributed by atoms with Gasteiger partial charge in [-0.15, -0.1) is 0 Å². The summed E-state index contributed by atoms with van der Waals surface area (Å²) >= 11 is 0. The number of rotatable bonds is 3.